The number of aromatic nitrogens is 1. The first-order chi connectivity index (χ1) is 9.13. The monoisotopic (exact) mass is 275 g/mol. The molecule has 4 heteroatoms. The van der Waals surface area contributed by atoms with E-state index in [9.17, 15) is 4.79 Å². The van der Waals surface area contributed by atoms with E-state index in [0.29, 0.717) is 28.5 Å². The van der Waals surface area contributed by atoms with Crippen LogP contribution in [0, 0.1) is 6.92 Å². The third-order valence-corrected chi connectivity index (χ3v) is 3.21. The maximum atomic E-state index is 12.4. The molecule has 0 radical (unpaired) electrons. The molecule has 0 spiro atoms. The summed E-state index contributed by atoms with van der Waals surface area (Å²) in [4.78, 5) is 16.4. The van der Waals surface area contributed by atoms with Gasteiger partial charge < -0.3 is 4.74 Å². The summed E-state index contributed by atoms with van der Waals surface area (Å²) >= 11 is 6.03. The van der Waals surface area contributed by atoms with Gasteiger partial charge in [-0.25, -0.2) is 0 Å². The van der Waals surface area contributed by atoms with E-state index in [2.05, 4.69) is 4.98 Å². The largest absolute Gasteiger partial charge is 0.492 e. The normalized spacial score (nSPS) is 10.3. The molecule has 0 unspecified atom stereocenters. The number of carbonyl (C=O) groups excluding carboxylic acids is 1. The fourth-order valence-corrected chi connectivity index (χ4v) is 1.97. The van der Waals surface area contributed by atoms with Crippen LogP contribution >= 0.6 is 11.6 Å². The standard InChI is InChI=1S/C15H14ClNO2/c1-3-19-12-7-11(8-17-9-12)15(18)13-5-4-6-14(16)10(13)2/h4-9H,3H2,1-2H3. The molecule has 0 aliphatic rings. The van der Waals surface area contributed by atoms with Crippen molar-refractivity contribution in [1.29, 1.82) is 0 Å². The summed E-state index contributed by atoms with van der Waals surface area (Å²) in [6.45, 7) is 4.25. The number of hydrogen-bond acceptors (Lipinski definition) is 3. The summed E-state index contributed by atoms with van der Waals surface area (Å²) in [5, 5.41) is 0.583. The minimum atomic E-state index is -0.103. The number of ketones is 1. The third kappa shape index (κ3) is 2.93. The van der Waals surface area contributed by atoms with Crippen LogP contribution in [-0.2, 0) is 0 Å². The molecule has 0 aliphatic carbocycles. The maximum absolute atomic E-state index is 12.4. The number of nitrogens with zero attached hydrogens (tertiary/aromatic N) is 1. The molecular formula is C15H14ClNO2. The molecule has 0 bridgehead atoms. The first kappa shape index (κ1) is 13.6. The molecule has 0 saturated heterocycles. The molecule has 98 valence electrons. The van der Waals surface area contributed by atoms with Gasteiger partial charge in [-0.05, 0) is 31.5 Å². The van der Waals surface area contributed by atoms with E-state index in [1.165, 1.54) is 6.20 Å². The van der Waals surface area contributed by atoms with Gasteiger partial charge in [0.25, 0.3) is 0 Å². The highest BCUT2D eigenvalue weighted by Crippen LogP contribution is 2.22. The third-order valence-electron chi connectivity index (χ3n) is 2.80. The molecule has 2 rings (SSSR count). The second-order valence-corrected chi connectivity index (χ2v) is 4.49. The number of halogens is 1. The van der Waals surface area contributed by atoms with Gasteiger partial charge in [0, 0.05) is 22.3 Å². The molecule has 2 aromatic rings. The van der Waals surface area contributed by atoms with Crippen LogP contribution in [0.15, 0.2) is 36.7 Å². The summed E-state index contributed by atoms with van der Waals surface area (Å²) in [6, 6.07) is 6.99. The average Bonchev–Trinajstić information content (AvgIpc) is 2.42. The zero-order valence-electron chi connectivity index (χ0n) is 10.8. The Morgan fingerprint density at radius 1 is 1.37 bits per heavy atom. The lowest BCUT2D eigenvalue weighted by molar-refractivity contribution is 0.103. The number of rotatable bonds is 4. The van der Waals surface area contributed by atoms with Gasteiger partial charge in [-0.15, -0.1) is 0 Å². The van der Waals surface area contributed by atoms with Crippen molar-refractivity contribution in [2.75, 3.05) is 6.61 Å². The summed E-state index contributed by atoms with van der Waals surface area (Å²) in [5.41, 5.74) is 1.86. The average molecular weight is 276 g/mol. The quantitative estimate of drug-likeness (QED) is 0.799. The highest BCUT2D eigenvalue weighted by molar-refractivity contribution is 6.32. The van der Waals surface area contributed by atoms with Crippen LogP contribution in [0.5, 0.6) is 5.75 Å². The van der Waals surface area contributed by atoms with Crippen LogP contribution < -0.4 is 4.74 Å². The smallest absolute Gasteiger partial charge is 0.195 e. The van der Waals surface area contributed by atoms with Crippen molar-refractivity contribution in [3.63, 3.8) is 0 Å². The van der Waals surface area contributed by atoms with Crippen LogP contribution in [0.2, 0.25) is 5.02 Å². The van der Waals surface area contributed by atoms with Crippen LogP contribution in [0.3, 0.4) is 0 Å². The van der Waals surface area contributed by atoms with E-state index in [1.807, 2.05) is 13.8 Å². The summed E-state index contributed by atoms with van der Waals surface area (Å²) < 4.78 is 5.35. The minimum absolute atomic E-state index is 0.103. The number of carbonyl (C=O) groups is 1. The van der Waals surface area contributed by atoms with Crippen LogP contribution in [0.25, 0.3) is 0 Å². The second-order valence-electron chi connectivity index (χ2n) is 4.08. The predicted octanol–water partition coefficient (Wildman–Crippen LogP) is 3.67. The van der Waals surface area contributed by atoms with Gasteiger partial charge in [-0.3, -0.25) is 9.78 Å². The van der Waals surface area contributed by atoms with E-state index in [4.69, 9.17) is 16.3 Å². The molecule has 3 nitrogen and oxygen atoms in total. The van der Waals surface area contributed by atoms with Crippen molar-refractivity contribution in [3.8, 4) is 5.75 Å². The van der Waals surface area contributed by atoms with Crippen LogP contribution in [0.4, 0.5) is 0 Å². The molecular weight excluding hydrogens is 262 g/mol. The summed E-state index contributed by atoms with van der Waals surface area (Å²) in [7, 11) is 0. The Bertz CT molecular complexity index is 611. The van der Waals surface area contributed by atoms with Crippen molar-refractivity contribution in [1.82, 2.24) is 4.98 Å². The van der Waals surface area contributed by atoms with Crippen molar-refractivity contribution in [3.05, 3.63) is 58.4 Å². The Balaban J connectivity index is 2.38. The molecule has 19 heavy (non-hydrogen) atoms. The Morgan fingerprint density at radius 2 is 2.16 bits per heavy atom. The number of benzene rings is 1. The number of pyridine rings is 1. The minimum Gasteiger partial charge on any atom is -0.492 e. The first-order valence-corrected chi connectivity index (χ1v) is 6.39. The van der Waals surface area contributed by atoms with Gasteiger partial charge in [0.05, 0.1) is 12.8 Å². The van der Waals surface area contributed by atoms with Crippen molar-refractivity contribution in [2.24, 2.45) is 0 Å². The predicted molar refractivity (Wildman–Crippen MR) is 75.0 cm³/mol. The summed E-state index contributed by atoms with van der Waals surface area (Å²) in [5.74, 6) is 0.488. The van der Waals surface area contributed by atoms with Gasteiger partial charge in [-0.2, -0.15) is 0 Å². The number of ether oxygens (including phenoxy) is 1. The van der Waals surface area contributed by atoms with Crippen molar-refractivity contribution in [2.45, 2.75) is 13.8 Å². The fourth-order valence-electron chi connectivity index (χ4n) is 1.80. The zero-order chi connectivity index (χ0) is 13.8. The van der Waals surface area contributed by atoms with E-state index in [1.54, 1.807) is 30.5 Å². The van der Waals surface area contributed by atoms with Gasteiger partial charge in [0.15, 0.2) is 5.78 Å². The molecule has 0 fully saturated rings. The lowest BCUT2D eigenvalue weighted by Gasteiger charge is -2.08. The molecule has 0 amide bonds. The van der Waals surface area contributed by atoms with Crippen molar-refractivity contribution < 1.29 is 9.53 Å². The molecule has 0 atom stereocenters. The summed E-state index contributed by atoms with van der Waals surface area (Å²) in [6.07, 6.45) is 3.12. The molecule has 0 saturated carbocycles. The molecule has 1 heterocycles. The van der Waals surface area contributed by atoms with Crippen LogP contribution in [-0.4, -0.2) is 17.4 Å². The highest BCUT2D eigenvalue weighted by Gasteiger charge is 2.14. The Hall–Kier alpha value is -1.87. The van der Waals surface area contributed by atoms with Crippen LogP contribution in [0.1, 0.15) is 28.4 Å². The topological polar surface area (TPSA) is 39.2 Å². The van der Waals surface area contributed by atoms with E-state index in [-0.39, 0.29) is 5.78 Å². The first-order valence-electron chi connectivity index (χ1n) is 6.01. The molecule has 1 aromatic heterocycles. The Kier molecular flexibility index (Phi) is 4.17. The van der Waals surface area contributed by atoms with E-state index in [0.717, 1.165) is 5.56 Å². The molecule has 0 aliphatic heterocycles. The highest BCUT2D eigenvalue weighted by atomic mass is 35.5. The SMILES string of the molecule is CCOc1cncc(C(=O)c2cccc(Cl)c2C)c1. The van der Waals surface area contributed by atoms with Gasteiger partial charge in [0.2, 0.25) is 0 Å². The lowest BCUT2D eigenvalue weighted by atomic mass is 10.0. The second kappa shape index (κ2) is 5.85. The Morgan fingerprint density at radius 3 is 2.89 bits per heavy atom. The fraction of sp³-hybridized carbons (Fsp3) is 0.200. The number of hydrogen-bond donors (Lipinski definition) is 0. The Labute approximate surface area is 117 Å². The van der Waals surface area contributed by atoms with Gasteiger partial charge >= 0.3 is 0 Å². The molecule has 1 aromatic carbocycles. The lowest BCUT2D eigenvalue weighted by Crippen LogP contribution is -2.05. The van der Waals surface area contributed by atoms with Gasteiger partial charge in [-0.1, -0.05) is 23.7 Å². The molecule has 0 N–H and O–H groups in total. The zero-order valence-corrected chi connectivity index (χ0v) is 11.6. The van der Waals surface area contributed by atoms with E-state index < -0.39 is 0 Å². The maximum Gasteiger partial charge on any atom is 0.195 e. The van der Waals surface area contributed by atoms with Gasteiger partial charge in [0.1, 0.15) is 5.75 Å². The van der Waals surface area contributed by atoms with E-state index >= 15 is 0 Å². The van der Waals surface area contributed by atoms with Crippen molar-refractivity contribution >= 4 is 17.4 Å².